The van der Waals surface area contributed by atoms with Gasteiger partial charge in [0.05, 0.1) is 22.6 Å². The summed E-state index contributed by atoms with van der Waals surface area (Å²) in [5.41, 5.74) is 12.2. The summed E-state index contributed by atoms with van der Waals surface area (Å²) in [5, 5.41) is 10.3. The van der Waals surface area contributed by atoms with E-state index in [1.165, 1.54) is 20.2 Å². The SMILES string of the molecule is c1ccc(-c2cc(-c3ccc4c(c3)sc3ccccc34)nc(-c3cccc(-c4cc5ccccc5c5c(-c6ccccc6)c(-c6ccccc6)nn45)c3)n2)cc1. The summed E-state index contributed by atoms with van der Waals surface area (Å²) < 4.78 is 4.67. The van der Waals surface area contributed by atoms with Gasteiger partial charge in [-0.05, 0) is 41.3 Å². The van der Waals surface area contributed by atoms with Crippen LogP contribution in [0.2, 0.25) is 0 Å². The second-order valence-corrected chi connectivity index (χ2v) is 15.1. The van der Waals surface area contributed by atoms with Crippen molar-refractivity contribution < 1.29 is 0 Å². The quantitative estimate of drug-likeness (QED) is 0.171. The Morgan fingerprint density at radius 3 is 1.79 bits per heavy atom. The van der Waals surface area contributed by atoms with E-state index in [1.807, 2.05) is 17.4 Å². The Labute approximate surface area is 327 Å². The lowest BCUT2D eigenvalue weighted by molar-refractivity contribution is 0.979. The van der Waals surface area contributed by atoms with Gasteiger partial charge in [0, 0.05) is 58.9 Å². The summed E-state index contributed by atoms with van der Waals surface area (Å²) in [4.78, 5) is 10.5. The average molecular weight is 733 g/mol. The van der Waals surface area contributed by atoms with Gasteiger partial charge in [0.2, 0.25) is 0 Å². The van der Waals surface area contributed by atoms with Crippen LogP contribution in [0.15, 0.2) is 194 Å². The van der Waals surface area contributed by atoms with E-state index in [9.17, 15) is 0 Å². The third-order valence-electron chi connectivity index (χ3n) is 10.6. The summed E-state index contributed by atoms with van der Waals surface area (Å²) in [7, 11) is 0. The van der Waals surface area contributed by atoms with Gasteiger partial charge < -0.3 is 0 Å². The third kappa shape index (κ3) is 5.48. The van der Waals surface area contributed by atoms with Crippen LogP contribution in [-0.2, 0) is 0 Å². The molecule has 0 bridgehead atoms. The molecule has 262 valence electrons. The molecule has 5 heteroatoms. The number of pyridine rings is 1. The highest BCUT2D eigenvalue weighted by molar-refractivity contribution is 7.25. The molecule has 0 saturated heterocycles. The maximum Gasteiger partial charge on any atom is 0.160 e. The lowest BCUT2D eigenvalue weighted by Crippen LogP contribution is -1.98. The molecule has 7 aromatic carbocycles. The first-order valence-corrected chi connectivity index (χ1v) is 19.6. The highest BCUT2D eigenvalue weighted by Gasteiger charge is 2.22. The highest BCUT2D eigenvalue weighted by Crippen LogP contribution is 2.42. The molecule has 11 rings (SSSR count). The van der Waals surface area contributed by atoms with Gasteiger partial charge in [-0.2, -0.15) is 5.10 Å². The van der Waals surface area contributed by atoms with Gasteiger partial charge in [0.15, 0.2) is 5.82 Å². The number of hydrogen-bond acceptors (Lipinski definition) is 4. The molecule has 0 aliphatic carbocycles. The molecule has 4 nitrogen and oxygen atoms in total. The van der Waals surface area contributed by atoms with Crippen LogP contribution in [0, 0.1) is 0 Å². The summed E-state index contributed by atoms with van der Waals surface area (Å²) in [6.45, 7) is 0. The first kappa shape index (κ1) is 32.2. The minimum Gasteiger partial charge on any atom is -0.231 e. The Bertz CT molecular complexity index is 3240. The van der Waals surface area contributed by atoms with E-state index < -0.39 is 0 Å². The molecule has 0 aliphatic heterocycles. The number of thiophene rings is 1. The van der Waals surface area contributed by atoms with E-state index in [0.717, 1.165) is 78.0 Å². The zero-order valence-electron chi connectivity index (χ0n) is 30.2. The predicted octanol–water partition coefficient (Wildman–Crippen LogP) is 13.6. The minimum absolute atomic E-state index is 0.673. The van der Waals surface area contributed by atoms with Crippen LogP contribution in [0.3, 0.4) is 0 Å². The van der Waals surface area contributed by atoms with Gasteiger partial charge in [-0.15, -0.1) is 11.3 Å². The molecule has 56 heavy (non-hydrogen) atoms. The second-order valence-electron chi connectivity index (χ2n) is 14.1. The van der Waals surface area contributed by atoms with Crippen molar-refractivity contribution in [2.75, 3.05) is 0 Å². The van der Waals surface area contributed by atoms with E-state index in [2.05, 4.69) is 193 Å². The topological polar surface area (TPSA) is 43.1 Å². The van der Waals surface area contributed by atoms with Crippen molar-refractivity contribution in [3.8, 4) is 67.5 Å². The lowest BCUT2D eigenvalue weighted by atomic mass is 9.97. The summed E-state index contributed by atoms with van der Waals surface area (Å²) in [6.07, 6.45) is 0. The molecule has 4 aromatic heterocycles. The molecule has 0 unspecified atom stereocenters. The number of nitrogens with zero attached hydrogens (tertiary/aromatic N) is 4. The van der Waals surface area contributed by atoms with Crippen LogP contribution in [-0.4, -0.2) is 19.6 Å². The zero-order valence-corrected chi connectivity index (χ0v) is 31.0. The van der Waals surface area contributed by atoms with Crippen molar-refractivity contribution in [3.63, 3.8) is 0 Å². The van der Waals surface area contributed by atoms with Crippen molar-refractivity contribution in [1.82, 2.24) is 19.6 Å². The Balaban J connectivity index is 1.12. The molecule has 11 aromatic rings. The van der Waals surface area contributed by atoms with Crippen molar-refractivity contribution in [3.05, 3.63) is 194 Å². The van der Waals surface area contributed by atoms with Gasteiger partial charge in [0.1, 0.15) is 5.69 Å². The summed E-state index contributed by atoms with van der Waals surface area (Å²) >= 11 is 1.82. The van der Waals surface area contributed by atoms with Crippen LogP contribution in [0.25, 0.3) is 104 Å². The van der Waals surface area contributed by atoms with Gasteiger partial charge in [-0.1, -0.05) is 164 Å². The maximum atomic E-state index is 5.42. The van der Waals surface area contributed by atoms with Crippen LogP contribution in [0.5, 0.6) is 0 Å². The number of hydrogen-bond donors (Lipinski definition) is 0. The largest absolute Gasteiger partial charge is 0.231 e. The van der Waals surface area contributed by atoms with Gasteiger partial charge in [-0.3, -0.25) is 0 Å². The second kappa shape index (κ2) is 13.3. The molecule has 0 atom stereocenters. The van der Waals surface area contributed by atoms with E-state index in [0.29, 0.717) is 5.82 Å². The van der Waals surface area contributed by atoms with Crippen LogP contribution >= 0.6 is 11.3 Å². The lowest BCUT2D eigenvalue weighted by Gasteiger charge is -2.13. The monoisotopic (exact) mass is 732 g/mol. The van der Waals surface area contributed by atoms with E-state index in [4.69, 9.17) is 15.1 Å². The number of benzene rings is 7. The normalized spacial score (nSPS) is 11.6. The van der Waals surface area contributed by atoms with Crippen molar-refractivity contribution in [1.29, 1.82) is 0 Å². The predicted molar refractivity (Wildman–Crippen MR) is 234 cm³/mol. The van der Waals surface area contributed by atoms with Crippen LogP contribution < -0.4 is 0 Å². The van der Waals surface area contributed by atoms with E-state index in [1.54, 1.807) is 0 Å². The van der Waals surface area contributed by atoms with E-state index >= 15 is 0 Å². The molecule has 0 N–H and O–H groups in total. The minimum atomic E-state index is 0.673. The van der Waals surface area contributed by atoms with Gasteiger partial charge >= 0.3 is 0 Å². The van der Waals surface area contributed by atoms with Gasteiger partial charge in [-0.25, -0.2) is 14.5 Å². The van der Waals surface area contributed by atoms with Crippen molar-refractivity contribution >= 4 is 47.8 Å². The number of rotatable bonds is 6. The molecule has 0 spiro atoms. The number of fused-ring (bicyclic) bond motifs is 6. The van der Waals surface area contributed by atoms with Crippen molar-refractivity contribution in [2.45, 2.75) is 0 Å². The zero-order chi connectivity index (χ0) is 37.0. The van der Waals surface area contributed by atoms with E-state index in [-0.39, 0.29) is 0 Å². The standard InChI is InChI=1S/C51H32N4S/c1-4-15-33(16-5-1)43-32-44(37-27-28-42-41-25-12-13-26-46(41)56-47(42)31-37)53-51(52-43)39-23-14-22-38(29-39)45-30-36-21-10-11-24-40(36)50-48(34-17-6-2-7-18-34)49(54-55(45)50)35-19-8-3-9-20-35/h1-32H. The van der Waals surface area contributed by atoms with Gasteiger partial charge in [0.25, 0.3) is 0 Å². The Kier molecular flexibility index (Phi) is 7.64. The Morgan fingerprint density at radius 1 is 0.393 bits per heavy atom. The first-order chi connectivity index (χ1) is 27.7. The Morgan fingerprint density at radius 2 is 1.00 bits per heavy atom. The molecule has 0 radical (unpaired) electrons. The number of aromatic nitrogens is 4. The van der Waals surface area contributed by atoms with Crippen LogP contribution in [0.1, 0.15) is 0 Å². The smallest absolute Gasteiger partial charge is 0.160 e. The molecule has 0 amide bonds. The molecule has 0 fully saturated rings. The average Bonchev–Trinajstić information content (AvgIpc) is 3.86. The Hall–Kier alpha value is -7.21. The maximum absolute atomic E-state index is 5.42. The van der Waals surface area contributed by atoms with Crippen LogP contribution in [0.4, 0.5) is 0 Å². The fourth-order valence-corrected chi connectivity index (χ4v) is 9.10. The molecule has 4 heterocycles. The fourth-order valence-electron chi connectivity index (χ4n) is 7.95. The molecular weight excluding hydrogens is 701 g/mol. The van der Waals surface area contributed by atoms with Crippen molar-refractivity contribution in [2.24, 2.45) is 0 Å². The molecule has 0 saturated carbocycles. The summed E-state index contributed by atoms with van der Waals surface area (Å²) in [6, 6.07) is 68.4. The summed E-state index contributed by atoms with van der Waals surface area (Å²) in [5.74, 6) is 0.673. The highest BCUT2D eigenvalue weighted by atomic mass is 32.1. The third-order valence-corrected chi connectivity index (χ3v) is 11.8. The molecular formula is C51H32N4S. The first-order valence-electron chi connectivity index (χ1n) is 18.8. The fraction of sp³-hybridized carbons (Fsp3) is 0. The molecule has 0 aliphatic rings.